The summed E-state index contributed by atoms with van der Waals surface area (Å²) in [4.78, 5) is 0. The maximum absolute atomic E-state index is 5.50. The molecule has 0 aliphatic rings. The molecule has 0 bridgehead atoms. The van der Waals surface area contributed by atoms with Crippen molar-refractivity contribution in [3.8, 4) is 0 Å². The summed E-state index contributed by atoms with van der Waals surface area (Å²) in [5.74, 6) is 0. The zero-order valence-electron chi connectivity index (χ0n) is 13.8. The van der Waals surface area contributed by atoms with E-state index in [4.69, 9.17) is 14.2 Å². The minimum absolute atomic E-state index is 0.649. The van der Waals surface area contributed by atoms with Gasteiger partial charge >= 0.3 is 0 Å². The van der Waals surface area contributed by atoms with E-state index in [9.17, 15) is 0 Å². The van der Waals surface area contributed by atoms with E-state index in [-0.39, 0.29) is 0 Å². The van der Waals surface area contributed by atoms with E-state index in [0.717, 1.165) is 35.3 Å². The van der Waals surface area contributed by atoms with Gasteiger partial charge in [0.2, 0.25) is 0 Å². The molecule has 0 saturated carbocycles. The Hall–Kier alpha value is -0.200. The molecule has 0 aromatic carbocycles. The van der Waals surface area contributed by atoms with Gasteiger partial charge in [-0.25, -0.2) is 0 Å². The highest BCUT2D eigenvalue weighted by atomic mass is 16.5. The van der Waals surface area contributed by atoms with Crippen LogP contribution >= 0.6 is 0 Å². The molecule has 0 aromatic rings. The van der Waals surface area contributed by atoms with Crippen molar-refractivity contribution >= 4 is 0 Å². The number of hydrogen-bond acceptors (Lipinski definition) is 3. The van der Waals surface area contributed by atoms with Gasteiger partial charge in [-0.2, -0.15) is 0 Å². The van der Waals surface area contributed by atoms with E-state index in [1.54, 1.807) is 0 Å². The number of quaternary nitrogens is 2. The highest BCUT2D eigenvalue weighted by Gasteiger charge is 2.06. The van der Waals surface area contributed by atoms with Crippen LogP contribution < -0.4 is 0 Å². The van der Waals surface area contributed by atoms with Crippen LogP contribution in [0.3, 0.4) is 0 Å². The second-order valence-corrected chi connectivity index (χ2v) is 6.86. The molecule has 0 amide bonds. The first-order valence-electron chi connectivity index (χ1n) is 7.05. The van der Waals surface area contributed by atoms with Gasteiger partial charge in [-0.3, -0.25) is 0 Å². The van der Waals surface area contributed by atoms with Crippen molar-refractivity contribution in [2.24, 2.45) is 0 Å². The van der Waals surface area contributed by atoms with Crippen molar-refractivity contribution in [1.29, 1.82) is 0 Å². The minimum atomic E-state index is 0.649. The lowest BCUT2D eigenvalue weighted by Crippen LogP contribution is -2.37. The lowest BCUT2D eigenvalue weighted by Gasteiger charge is -2.23. The van der Waals surface area contributed by atoms with E-state index >= 15 is 0 Å². The summed E-state index contributed by atoms with van der Waals surface area (Å²) in [7, 11) is 13.0. The van der Waals surface area contributed by atoms with Crippen molar-refractivity contribution in [3.63, 3.8) is 0 Å². The molecule has 0 aliphatic carbocycles. The fourth-order valence-electron chi connectivity index (χ4n) is 1.22. The molecule has 0 unspecified atom stereocenters. The fraction of sp³-hybridized carbons (Fsp3) is 1.00. The van der Waals surface area contributed by atoms with E-state index < -0.39 is 0 Å². The SMILES string of the molecule is C[N+](C)(C)CCOCCOCCOCC[N+](C)(C)C. The Bertz CT molecular complexity index is 188. The lowest BCUT2D eigenvalue weighted by atomic mass is 10.5. The van der Waals surface area contributed by atoms with E-state index in [1.165, 1.54) is 0 Å². The van der Waals surface area contributed by atoms with Crippen LogP contribution in [0.15, 0.2) is 0 Å². The molecule has 19 heavy (non-hydrogen) atoms. The van der Waals surface area contributed by atoms with Crippen LogP contribution in [0.25, 0.3) is 0 Å². The summed E-state index contributed by atoms with van der Waals surface area (Å²) in [5.41, 5.74) is 0. The summed E-state index contributed by atoms with van der Waals surface area (Å²) in [6, 6.07) is 0. The maximum Gasteiger partial charge on any atom is 0.102 e. The van der Waals surface area contributed by atoms with Crippen LogP contribution in [0, 0.1) is 0 Å². The quantitative estimate of drug-likeness (QED) is 0.383. The molecule has 0 N–H and O–H groups in total. The third-order valence-electron chi connectivity index (χ3n) is 2.56. The highest BCUT2D eigenvalue weighted by Crippen LogP contribution is 1.91. The summed E-state index contributed by atoms with van der Waals surface area (Å²) >= 11 is 0. The van der Waals surface area contributed by atoms with Gasteiger partial charge in [0.05, 0.1) is 81.9 Å². The highest BCUT2D eigenvalue weighted by molar-refractivity contribution is 4.35. The summed E-state index contributed by atoms with van der Waals surface area (Å²) in [6.45, 7) is 6.24. The van der Waals surface area contributed by atoms with Gasteiger partial charge in [0.25, 0.3) is 0 Å². The van der Waals surface area contributed by atoms with Crippen molar-refractivity contribution in [1.82, 2.24) is 0 Å². The predicted molar refractivity (Wildman–Crippen MR) is 78.3 cm³/mol. The normalized spacial score (nSPS) is 12.9. The Morgan fingerprint density at radius 1 is 0.474 bits per heavy atom. The van der Waals surface area contributed by atoms with Crippen LogP contribution in [-0.2, 0) is 14.2 Å². The molecule has 0 atom stereocenters. The Kier molecular flexibility index (Phi) is 9.56. The standard InChI is InChI=1S/C14H34N2O3/c1-15(2,3)7-9-17-11-13-19-14-12-18-10-8-16(4,5)6/h7-14H2,1-6H3/q+2. The smallest absolute Gasteiger partial charge is 0.102 e. The number of nitrogens with zero attached hydrogens (tertiary/aromatic N) is 2. The van der Waals surface area contributed by atoms with E-state index in [0.29, 0.717) is 26.4 Å². The fourth-order valence-corrected chi connectivity index (χ4v) is 1.22. The van der Waals surface area contributed by atoms with Gasteiger partial charge in [-0.15, -0.1) is 0 Å². The van der Waals surface area contributed by atoms with Crippen LogP contribution in [0.4, 0.5) is 0 Å². The molecule has 5 nitrogen and oxygen atoms in total. The molecule has 0 radical (unpaired) electrons. The molecule has 0 spiro atoms. The molecule has 0 fully saturated rings. The zero-order chi connectivity index (χ0) is 14.8. The molecule has 0 heterocycles. The van der Waals surface area contributed by atoms with Crippen LogP contribution in [0.1, 0.15) is 0 Å². The average molecular weight is 278 g/mol. The first-order valence-corrected chi connectivity index (χ1v) is 7.05. The van der Waals surface area contributed by atoms with Crippen LogP contribution in [-0.4, -0.2) is 104 Å². The minimum Gasteiger partial charge on any atom is -0.377 e. The number of rotatable bonds is 12. The van der Waals surface area contributed by atoms with Gasteiger partial charge in [0, 0.05) is 0 Å². The van der Waals surface area contributed by atoms with Crippen molar-refractivity contribution in [2.45, 2.75) is 0 Å². The molecule has 0 rings (SSSR count). The Morgan fingerprint density at radius 2 is 0.737 bits per heavy atom. The average Bonchev–Trinajstić information content (AvgIpc) is 2.22. The second-order valence-electron chi connectivity index (χ2n) is 6.86. The van der Waals surface area contributed by atoms with E-state index in [2.05, 4.69) is 42.3 Å². The Morgan fingerprint density at radius 3 is 1.00 bits per heavy atom. The van der Waals surface area contributed by atoms with Crippen molar-refractivity contribution < 1.29 is 23.2 Å². The topological polar surface area (TPSA) is 27.7 Å². The molecule has 0 aromatic heterocycles. The predicted octanol–water partition coefficient (Wildman–Crippen LogP) is 0.449. The van der Waals surface area contributed by atoms with Crippen molar-refractivity contribution in [2.75, 3.05) is 95.0 Å². The molecule has 116 valence electrons. The van der Waals surface area contributed by atoms with Crippen LogP contribution in [0.5, 0.6) is 0 Å². The molecule has 0 saturated heterocycles. The van der Waals surface area contributed by atoms with Crippen LogP contribution in [0.2, 0.25) is 0 Å². The van der Waals surface area contributed by atoms with Gasteiger partial charge in [0.1, 0.15) is 13.1 Å². The third-order valence-corrected chi connectivity index (χ3v) is 2.56. The Balaban J connectivity index is 3.12. The van der Waals surface area contributed by atoms with E-state index in [1.807, 2.05) is 0 Å². The summed E-state index contributed by atoms with van der Waals surface area (Å²) < 4.78 is 18.3. The van der Waals surface area contributed by atoms with Gasteiger partial charge < -0.3 is 23.2 Å². The third kappa shape index (κ3) is 17.8. The Labute approximate surface area is 119 Å². The lowest BCUT2D eigenvalue weighted by molar-refractivity contribution is -0.870. The zero-order valence-corrected chi connectivity index (χ0v) is 13.8. The number of hydrogen-bond donors (Lipinski definition) is 0. The van der Waals surface area contributed by atoms with Crippen molar-refractivity contribution in [3.05, 3.63) is 0 Å². The van der Waals surface area contributed by atoms with Gasteiger partial charge in [-0.1, -0.05) is 0 Å². The van der Waals surface area contributed by atoms with Gasteiger partial charge in [0.15, 0.2) is 0 Å². The summed E-state index contributed by atoms with van der Waals surface area (Å²) in [5, 5.41) is 0. The summed E-state index contributed by atoms with van der Waals surface area (Å²) in [6.07, 6.45) is 0. The number of ether oxygens (including phenoxy) is 3. The first-order chi connectivity index (χ1) is 8.71. The van der Waals surface area contributed by atoms with Gasteiger partial charge in [-0.05, 0) is 0 Å². The largest absolute Gasteiger partial charge is 0.377 e. The number of likely N-dealkylation sites (N-methyl/N-ethyl adjacent to an activating group) is 2. The molecular weight excluding hydrogens is 244 g/mol. The molecule has 5 heteroatoms. The molecule has 0 aliphatic heterocycles. The molecular formula is C14H34N2O3+2. The first kappa shape index (κ1) is 18.8. The monoisotopic (exact) mass is 278 g/mol. The second kappa shape index (κ2) is 9.66. The maximum atomic E-state index is 5.50.